The smallest absolute Gasteiger partial charge is 0.419 e. The first-order valence-electron chi connectivity index (χ1n) is 11.5. The molecule has 0 radical (unpaired) electrons. The Morgan fingerprint density at radius 1 is 1.03 bits per heavy atom. The molecule has 1 atom stereocenters. The van der Waals surface area contributed by atoms with Crippen LogP contribution < -0.4 is 9.47 Å². The number of aromatic amines is 1. The van der Waals surface area contributed by atoms with Crippen molar-refractivity contribution in [2.24, 2.45) is 0 Å². The number of methoxy groups -OCH3 is 1. The maximum absolute atomic E-state index is 14.3. The molecule has 0 saturated heterocycles. The molecule has 5 rings (SSSR count). The number of nitrogens with one attached hydrogen (secondary N) is 1. The highest BCUT2D eigenvalue weighted by molar-refractivity contribution is 5.96. The fourth-order valence-corrected chi connectivity index (χ4v) is 4.84. The van der Waals surface area contributed by atoms with Gasteiger partial charge in [0.25, 0.3) is 5.91 Å². The lowest BCUT2D eigenvalue weighted by atomic mass is 9.91. The summed E-state index contributed by atoms with van der Waals surface area (Å²) in [6.45, 7) is -2.85. The van der Waals surface area contributed by atoms with Gasteiger partial charge in [0.1, 0.15) is 17.3 Å². The number of aromatic nitrogens is 1. The van der Waals surface area contributed by atoms with Crippen molar-refractivity contribution < 1.29 is 40.6 Å². The normalized spacial score (nSPS) is 15.6. The molecule has 0 spiro atoms. The third kappa shape index (κ3) is 4.64. The number of amides is 1. The lowest BCUT2D eigenvalue weighted by Gasteiger charge is -2.36. The van der Waals surface area contributed by atoms with Crippen molar-refractivity contribution in [3.8, 4) is 11.5 Å². The number of hydrogen-bond acceptors (Lipinski definition) is 3. The average Bonchev–Trinajstić information content (AvgIpc) is 3.25. The highest BCUT2D eigenvalue weighted by Crippen LogP contribution is 2.41. The summed E-state index contributed by atoms with van der Waals surface area (Å²) in [7, 11) is 1.54. The van der Waals surface area contributed by atoms with Crippen LogP contribution in [0, 0.1) is 5.82 Å². The molecule has 0 fully saturated rings. The molecule has 4 aromatic rings. The molecule has 1 aliphatic rings. The van der Waals surface area contributed by atoms with E-state index in [1.807, 2.05) is 12.1 Å². The highest BCUT2D eigenvalue weighted by atomic mass is 19.4. The predicted octanol–water partition coefficient (Wildman–Crippen LogP) is 6.72. The molecule has 2 heterocycles. The van der Waals surface area contributed by atoms with E-state index >= 15 is 0 Å². The zero-order valence-corrected chi connectivity index (χ0v) is 19.8. The molecular weight excluding hydrogens is 514 g/mol. The molecule has 1 aromatic heterocycles. The van der Waals surface area contributed by atoms with Crippen LogP contribution in [-0.4, -0.2) is 36.1 Å². The number of halogens is 6. The highest BCUT2D eigenvalue weighted by Gasteiger charge is 2.37. The molecule has 198 valence electrons. The summed E-state index contributed by atoms with van der Waals surface area (Å²) in [6, 6.07) is 12.4. The number of rotatable bonds is 5. The monoisotopic (exact) mass is 534 g/mol. The number of carbonyl (C=O) groups excluding carboxylic acids is 1. The summed E-state index contributed by atoms with van der Waals surface area (Å²) in [6.07, 6.45) is -4.50. The third-order valence-corrected chi connectivity index (χ3v) is 6.54. The number of hydrogen-bond donors (Lipinski definition) is 1. The SMILES string of the molecule is COc1ccc2[nH]c3c(c2c1)CCN(C(=O)c1ccc(C(F)(F)F)c(F)c1)[C@@H]3c1ccc(OC(F)F)cc1. The number of alkyl halides is 5. The van der Waals surface area contributed by atoms with Crippen LogP contribution in [0.25, 0.3) is 10.9 Å². The van der Waals surface area contributed by atoms with Gasteiger partial charge in [-0.1, -0.05) is 12.1 Å². The van der Waals surface area contributed by atoms with E-state index in [4.69, 9.17) is 4.74 Å². The number of nitrogens with zero attached hydrogens (tertiary/aromatic N) is 1. The van der Waals surface area contributed by atoms with Gasteiger partial charge in [-0.05, 0) is 66.1 Å². The van der Waals surface area contributed by atoms with Crippen LogP contribution in [-0.2, 0) is 12.6 Å². The average molecular weight is 534 g/mol. The van der Waals surface area contributed by atoms with Crippen LogP contribution in [0.5, 0.6) is 11.5 Å². The molecule has 0 bridgehead atoms. The van der Waals surface area contributed by atoms with E-state index in [1.165, 1.54) is 36.3 Å². The van der Waals surface area contributed by atoms with Gasteiger partial charge in [0.2, 0.25) is 0 Å². The van der Waals surface area contributed by atoms with Gasteiger partial charge in [-0.15, -0.1) is 0 Å². The van der Waals surface area contributed by atoms with E-state index in [2.05, 4.69) is 9.72 Å². The van der Waals surface area contributed by atoms with E-state index in [0.29, 0.717) is 35.6 Å². The number of carbonyl (C=O) groups is 1. The summed E-state index contributed by atoms with van der Waals surface area (Å²) in [5.41, 5.74) is 1.13. The van der Waals surface area contributed by atoms with Crippen LogP contribution in [0.2, 0.25) is 0 Å². The van der Waals surface area contributed by atoms with Gasteiger partial charge in [0.05, 0.1) is 18.7 Å². The maximum atomic E-state index is 14.3. The Bertz CT molecular complexity index is 1500. The summed E-state index contributed by atoms with van der Waals surface area (Å²) >= 11 is 0. The van der Waals surface area contributed by atoms with Crippen molar-refractivity contribution in [2.75, 3.05) is 13.7 Å². The molecular formula is C27H20F6N2O3. The van der Waals surface area contributed by atoms with Gasteiger partial charge < -0.3 is 19.4 Å². The van der Waals surface area contributed by atoms with Gasteiger partial charge in [-0.3, -0.25) is 4.79 Å². The standard InChI is InChI=1S/C27H20F6N2O3/c1-37-17-7-9-22-19(13-17)18-10-11-35(25(36)15-4-8-20(21(28)12-15)27(31,32)33)24(23(18)34-22)14-2-5-16(6-3-14)38-26(29)30/h2-9,12-13,24,26,34H,10-11H2,1H3/t24-/m1/s1. The van der Waals surface area contributed by atoms with E-state index in [9.17, 15) is 31.1 Å². The molecule has 0 aliphatic carbocycles. The Labute approximate surface area is 212 Å². The van der Waals surface area contributed by atoms with Gasteiger partial charge in [0.15, 0.2) is 0 Å². The van der Waals surface area contributed by atoms with Crippen molar-refractivity contribution in [3.05, 3.63) is 94.4 Å². The van der Waals surface area contributed by atoms with Gasteiger partial charge >= 0.3 is 12.8 Å². The Morgan fingerprint density at radius 2 is 1.74 bits per heavy atom. The van der Waals surface area contributed by atoms with Crippen molar-refractivity contribution in [2.45, 2.75) is 25.3 Å². The summed E-state index contributed by atoms with van der Waals surface area (Å²) in [5, 5.41) is 0.870. The molecule has 0 unspecified atom stereocenters. The molecule has 5 nitrogen and oxygen atoms in total. The maximum Gasteiger partial charge on any atom is 0.419 e. The third-order valence-electron chi connectivity index (χ3n) is 6.54. The van der Waals surface area contributed by atoms with E-state index in [-0.39, 0.29) is 17.9 Å². The van der Waals surface area contributed by atoms with Gasteiger partial charge in [-0.25, -0.2) is 4.39 Å². The zero-order valence-electron chi connectivity index (χ0n) is 19.8. The first-order valence-corrected chi connectivity index (χ1v) is 11.5. The first-order chi connectivity index (χ1) is 18.1. The second-order valence-corrected chi connectivity index (χ2v) is 8.72. The van der Waals surface area contributed by atoms with Crippen LogP contribution in [0.1, 0.15) is 38.8 Å². The lowest BCUT2D eigenvalue weighted by molar-refractivity contribution is -0.140. The number of ether oxygens (including phenoxy) is 2. The minimum atomic E-state index is -4.90. The molecule has 1 aliphatic heterocycles. The van der Waals surface area contributed by atoms with E-state index < -0.39 is 36.1 Å². The van der Waals surface area contributed by atoms with Gasteiger partial charge in [0, 0.05) is 28.7 Å². The van der Waals surface area contributed by atoms with E-state index in [1.54, 1.807) is 6.07 Å². The Hall–Kier alpha value is -4.15. The largest absolute Gasteiger partial charge is 0.497 e. The molecule has 1 amide bonds. The summed E-state index contributed by atoms with van der Waals surface area (Å²) < 4.78 is 88.5. The van der Waals surface area contributed by atoms with Crippen molar-refractivity contribution in [1.82, 2.24) is 9.88 Å². The van der Waals surface area contributed by atoms with E-state index in [0.717, 1.165) is 22.5 Å². The number of benzene rings is 3. The number of H-pyrrole nitrogens is 1. The number of fused-ring (bicyclic) bond motifs is 3. The second kappa shape index (κ2) is 9.62. The molecule has 3 aromatic carbocycles. The molecule has 1 N–H and O–H groups in total. The van der Waals surface area contributed by atoms with Crippen LogP contribution in [0.4, 0.5) is 26.3 Å². The topological polar surface area (TPSA) is 54.6 Å². The Morgan fingerprint density at radius 3 is 2.37 bits per heavy atom. The molecule has 0 saturated carbocycles. The zero-order chi connectivity index (χ0) is 27.2. The van der Waals surface area contributed by atoms with Crippen LogP contribution in [0.15, 0.2) is 60.7 Å². The van der Waals surface area contributed by atoms with Crippen LogP contribution >= 0.6 is 0 Å². The first kappa shape index (κ1) is 25.5. The fourth-order valence-electron chi connectivity index (χ4n) is 4.84. The predicted molar refractivity (Wildman–Crippen MR) is 126 cm³/mol. The van der Waals surface area contributed by atoms with Crippen molar-refractivity contribution >= 4 is 16.8 Å². The summed E-state index contributed by atoms with van der Waals surface area (Å²) in [5.74, 6) is -1.69. The quantitative estimate of drug-likeness (QED) is 0.289. The van der Waals surface area contributed by atoms with Gasteiger partial charge in [-0.2, -0.15) is 22.0 Å². The minimum Gasteiger partial charge on any atom is -0.497 e. The molecule has 38 heavy (non-hydrogen) atoms. The molecule has 11 heteroatoms. The lowest BCUT2D eigenvalue weighted by Crippen LogP contribution is -2.40. The second-order valence-electron chi connectivity index (χ2n) is 8.72. The fraction of sp³-hybridized carbons (Fsp3) is 0.222. The van der Waals surface area contributed by atoms with Crippen LogP contribution in [0.3, 0.4) is 0 Å². The Kier molecular flexibility index (Phi) is 6.46. The van der Waals surface area contributed by atoms with Crippen molar-refractivity contribution in [3.63, 3.8) is 0 Å². The summed E-state index contributed by atoms with van der Waals surface area (Å²) in [4.78, 5) is 18.3. The minimum absolute atomic E-state index is 0.0798. The Balaban J connectivity index is 1.60. The van der Waals surface area contributed by atoms with Crippen molar-refractivity contribution in [1.29, 1.82) is 0 Å².